The van der Waals surface area contributed by atoms with Gasteiger partial charge in [0.25, 0.3) is 0 Å². The Kier molecular flexibility index (Phi) is 3.30. The number of fused-ring (bicyclic) bond motifs is 1. The normalized spacial score (nSPS) is 25.0. The van der Waals surface area contributed by atoms with Gasteiger partial charge in [-0.05, 0) is 54.4 Å². The van der Waals surface area contributed by atoms with Crippen molar-refractivity contribution < 1.29 is 0 Å². The topological polar surface area (TPSA) is 55.0 Å². The van der Waals surface area contributed by atoms with Gasteiger partial charge < -0.3 is 10.6 Å². The number of nitrogens with zero attached hydrogens (tertiary/aromatic N) is 3. The van der Waals surface area contributed by atoms with Crippen LogP contribution in [-0.4, -0.2) is 21.9 Å². The van der Waals surface area contributed by atoms with E-state index >= 15 is 0 Å². The van der Waals surface area contributed by atoms with Gasteiger partial charge in [-0.25, -0.2) is 0 Å². The molecule has 0 aromatic carbocycles. The molecule has 2 aromatic heterocycles. The third-order valence-corrected chi connectivity index (χ3v) is 5.84. The van der Waals surface area contributed by atoms with Crippen LogP contribution in [0.25, 0.3) is 11.1 Å². The first kappa shape index (κ1) is 13.1. The zero-order chi connectivity index (χ0) is 14.2. The Labute approximate surface area is 129 Å². The fourth-order valence-corrected chi connectivity index (χ4v) is 4.86. The Morgan fingerprint density at radius 3 is 2.81 bits per heavy atom. The van der Waals surface area contributed by atoms with Crippen LogP contribution < -0.4 is 10.6 Å². The highest BCUT2D eigenvalue weighted by molar-refractivity contribution is 7.11. The molecule has 1 aliphatic carbocycles. The molecule has 3 heterocycles. The van der Waals surface area contributed by atoms with E-state index < -0.39 is 0 Å². The van der Waals surface area contributed by atoms with Gasteiger partial charge in [0.1, 0.15) is 10.8 Å². The van der Waals surface area contributed by atoms with Gasteiger partial charge >= 0.3 is 0 Å². The minimum atomic E-state index is 0.653. The summed E-state index contributed by atoms with van der Waals surface area (Å²) >= 11 is 1.55. The summed E-state index contributed by atoms with van der Waals surface area (Å²) < 4.78 is 4.43. The predicted octanol–water partition coefficient (Wildman–Crippen LogP) is 3.56. The lowest BCUT2D eigenvalue weighted by Gasteiger charge is -2.32. The van der Waals surface area contributed by atoms with Gasteiger partial charge in [-0.2, -0.15) is 4.37 Å². The van der Waals surface area contributed by atoms with Crippen molar-refractivity contribution in [1.29, 1.82) is 0 Å². The van der Waals surface area contributed by atoms with E-state index in [0.29, 0.717) is 11.9 Å². The Bertz CT molecular complexity index is 624. The second-order valence-electron chi connectivity index (χ2n) is 6.08. The van der Waals surface area contributed by atoms with E-state index in [4.69, 9.17) is 5.73 Å². The molecule has 21 heavy (non-hydrogen) atoms. The van der Waals surface area contributed by atoms with Gasteiger partial charge in [0.05, 0.1) is 5.56 Å². The minimum Gasteiger partial charge on any atom is -0.382 e. The molecule has 0 bridgehead atoms. The summed E-state index contributed by atoms with van der Waals surface area (Å²) in [7, 11) is 0. The lowest BCUT2D eigenvalue weighted by Crippen LogP contribution is -2.34. The number of hydrogen-bond acceptors (Lipinski definition) is 5. The fourth-order valence-electron chi connectivity index (χ4n) is 3.94. The molecule has 2 aromatic rings. The summed E-state index contributed by atoms with van der Waals surface area (Å²) in [6.07, 6.45) is 10.4. The second-order valence-corrected chi connectivity index (χ2v) is 6.83. The highest BCUT2D eigenvalue weighted by Crippen LogP contribution is 2.45. The summed E-state index contributed by atoms with van der Waals surface area (Å²) in [6, 6.07) is 4.75. The Morgan fingerprint density at radius 1 is 1.14 bits per heavy atom. The molecule has 5 heteroatoms. The molecule has 4 nitrogen and oxygen atoms in total. The van der Waals surface area contributed by atoms with E-state index in [1.165, 1.54) is 37.1 Å². The number of aromatic nitrogens is 2. The average Bonchev–Trinajstić information content (AvgIpc) is 3.11. The van der Waals surface area contributed by atoms with Crippen molar-refractivity contribution in [2.45, 2.75) is 38.1 Å². The van der Waals surface area contributed by atoms with E-state index in [2.05, 4.69) is 14.3 Å². The summed E-state index contributed by atoms with van der Waals surface area (Å²) in [6.45, 7) is 1.15. The van der Waals surface area contributed by atoms with Crippen LogP contribution in [0.2, 0.25) is 0 Å². The second kappa shape index (κ2) is 5.30. The fraction of sp³-hybridized carbons (Fsp3) is 0.500. The molecule has 4 rings (SSSR count). The summed E-state index contributed by atoms with van der Waals surface area (Å²) in [5, 5.41) is 1.26. The monoisotopic (exact) mass is 300 g/mol. The lowest BCUT2D eigenvalue weighted by atomic mass is 9.85. The Morgan fingerprint density at radius 2 is 1.95 bits per heavy atom. The molecule has 2 unspecified atom stereocenters. The molecule has 1 saturated carbocycles. The van der Waals surface area contributed by atoms with Crippen molar-refractivity contribution in [2.24, 2.45) is 5.92 Å². The van der Waals surface area contributed by atoms with Crippen LogP contribution in [0.1, 0.15) is 32.1 Å². The van der Waals surface area contributed by atoms with E-state index in [-0.39, 0.29) is 0 Å². The van der Waals surface area contributed by atoms with Crippen LogP contribution in [-0.2, 0) is 0 Å². The summed E-state index contributed by atoms with van der Waals surface area (Å²) in [5.74, 6) is 1.52. The molecule has 2 atom stereocenters. The molecule has 110 valence electrons. The molecule has 0 radical (unpaired) electrons. The minimum absolute atomic E-state index is 0.653. The van der Waals surface area contributed by atoms with Gasteiger partial charge in [0, 0.05) is 25.0 Å². The summed E-state index contributed by atoms with van der Waals surface area (Å²) in [4.78, 5) is 6.68. The SMILES string of the molecule is Nc1nsc(N2CCC3CCCCC32)c1-c1ccncc1. The first-order chi connectivity index (χ1) is 10.3. The van der Waals surface area contributed by atoms with Gasteiger partial charge in [0.15, 0.2) is 0 Å². The predicted molar refractivity (Wildman–Crippen MR) is 87.5 cm³/mol. The quantitative estimate of drug-likeness (QED) is 0.921. The van der Waals surface area contributed by atoms with Crippen LogP contribution in [0.5, 0.6) is 0 Å². The number of pyridine rings is 1. The van der Waals surface area contributed by atoms with Crippen LogP contribution >= 0.6 is 11.5 Å². The number of nitrogens with two attached hydrogens (primary N) is 1. The summed E-state index contributed by atoms with van der Waals surface area (Å²) in [5.41, 5.74) is 8.40. The highest BCUT2D eigenvalue weighted by Gasteiger charge is 2.37. The third kappa shape index (κ3) is 2.20. The highest BCUT2D eigenvalue weighted by atomic mass is 32.1. The van der Waals surface area contributed by atoms with Crippen molar-refractivity contribution in [3.05, 3.63) is 24.5 Å². The number of hydrogen-bond donors (Lipinski definition) is 1. The smallest absolute Gasteiger partial charge is 0.147 e. The van der Waals surface area contributed by atoms with Crippen LogP contribution in [0.15, 0.2) is 24.5 Å². The van der Waals surface area contributed by atoms with Crippen molar-refractivity contribution in [3.8, 4) is 11.1 Å². The molecular weight excluding hydrogens is 280 g/mol. The molecule has 2 aliphatic rings. The molecule has 0 spiro atoms. The largest absolute Gasteiger partial charge is 0.382 e. The van der Waals surface area contributed by atoms with E-state index in [1.807, 2.05) is 24.5 Å². The van der Waals surface area contributed by atoms with Gasteiger partial charge in [0.2, 0.25) is 0 Å². The first-order valence-corrected chi connectivity index (χ1v) is 8.54. The number of anilines is 2. The van der Waals surface area contributed by atoms with E-state index in [1.54, 1.807) is 11.5 Å². The number of rotatable bonds is 2. The van der Waals surface area contributed by atoms with E-state index in [9.17, 15) is 0 Å². The molecule has 1 aliphatic heterocycles. The van der Waals surface area contributed by atoms with Crippen molar-refractivity contribution in [1.82, 2.24) is 9.36 Å². The van der Waals surface area contributed by atoms with Gasteiger partial charge in [-0.1, -0.05) is 12.8 Å². The maximum Gasteiger partial charge on any atom is 0.147 e. The Balaban J connectivity index is 1.73. The van der Waals surface area contributed by atoms with Crippen molar-refractivity contribution in [3.63, 3.8) is 0 Å². The van der Waals surface area contributed by atoms with Crippen molar-refractivity contribution >= 4 is 22.4 Å². The maximum atomic E-state index is 6.16. The average molecular weight is 300 g/mol. The lowest BCUT2D eigenvalue weighted by molar-refractivity contribution is 0.342. The zero-order valence-corrected chi connectivity index (χ0v) is 12.9. The molecule has 2 N–H and O–H groups in total. The number of nitrogen functional groups attached to an aromatic ring is 1. The zero-order valence-electron chi connectivity index (χ0n) is 12.0. The standard InChI is InChI=1S/C16H20N4S/c17-15-14(12-5-8-18-9-6-12)16(21-19-15)20-10-7-11-3-1-2-4-13(11)20/h5-6,8-9,11,13H,1-4,7,10H2,(H2,17,19). The van der Waals surface area contributed by atoms with Gasteiger partial charge in [-0.3, -0.25) is 4.98 Å². The third-order valence-electron chi connectivity index (χ3n) is 4.94. The molecule has 0 amide bonds. The molecule has 2 fully saturated rings. The van der Waals surface area contributed by atoms with E-state index in [0.717, 1.165) is 23.6 Å². The van der Waals surface area contributed by atoms with Gasteiger partial charge in [-0.15, -0.1) is 0 Å². The van der Waals surface area contributed by atoms with Crippen molar-refractivity contribution in [2.75, 3.05) is 17.2 Å². The maximum absolute atomic E-state index is 6.16. The Hall–Kier alpha value is -1.62. The first-order valence-electron chi connectivity index (χ1n) is 7.77. The van der Waals surface area contributed by atoms with Crippen LogP contribution in [0, 0.1) is 5.92 Å². The molecular formula is C16H20N4S. The molecule has 1 saturated heterocycles. The van der Waals surface area contributed by atoms with Crippen LogP contribution in [0.4, 0.5) is 10.8 Å². The van der Waals surface area contributed by atoms with Crippen LogP contribution in [0.3, 0.4) is 0 Å².